The van der Waals surface area contributed by atoms with Crippen molar-refractivity contribution < 1.29 is 4.79 Å². The molecule has 1 aromatic rings. The van der Waals surface area contributed by atoms with Gasteiger partial charge in [-0.25, -0.2) is 0 Å². The molecule has 0 radical (unpaired) electrons. The smallest absolute Gasteiger partial charge is 0.261 e. The van der Waals surface area contributed by atoms with E-state index in [1.54, 1.807) is 6.07 Å². The van der Waals surface area contributed by atoms with Crippen LogP contribution < -0.4 is 10.9 Å². The number of aromatic nitrogens is 1. The van der Waals surface area contributed by atoms with Crippen molar-refractivity contribution in [2.24, 2.45) is 0 Å². The minimum absolute atomic E-state index is 0.157. The lowest BCUT2D eigenvalue weighted by atomic mass is 10.1. The summed E-state index contributed by atoms with van der Waals surface area (Å²) in [7, 11) is 0. The molecule has 0 aromatic carbocycles. The molecule has 1 heterocycles. The molecule has 0 saturated heterocycles. The molecule has 4 heteroatoms. The average molecular weight is 276 g/mol. The molecule has 20 heavy (non-hydrogen) atoms. The van der Waals surface area contributed by atoms with Gasteiger partial charge < -0.3 is 10.3 Å². The van der Waals surface area contributed by atoms with Crippen LogP contribution in [0, 0.1) is 0 Å². The zero-order chi connectivity index (χ0) is 14.5. The summed E-state index contributed by atoms with van der Waals surface area (Å²) in [6.07, 6.45) is 6.34. The van der Waals surface area contributed by atoms with Gasteiger partial charge in [-0.1, -0.05) is 26.7 Å². The van der Waals surface area contributed by atoms with Gasteiger partial charge in [0.2, 0.25) is 0 Å². The molecular weight excluding hydrogens is 252 g/mol. The van der Waals surface area contributed by atoms with Gasteiger partial charge in [-0.15, -0.1) is 0 Å². The Morgan fingerprint density at radius 3 is 2.70 bits per heavy atom. The molecule has 110 valence electrons. The van der Waals surface area contributed by atoms with Crippen molar-refractivity contribution in [1.29, 1.82) is 0 Å². The zero-order valence-corrected chi connectivity index (χ0v) is 12.4. The van der Waals surface area contributed by atoms with Crippen LogP contribution in [0.5, 0.6) is 0 Å². The number of aromatic amines is 1. The van der Waals surface area contributed by atoms with Gasteiger partial charge in [0.15, 0.2) is 0 Å². The number of pyridine rings is 1. The van der Waals surface area contributed by atoms with Crippen molar-refractivity contribution in [3.63, 3.8) is 0 Å². The fourth-order valence-corrected chi connectivity index (χ4v) is 2.39. The van der Waals surface area contributed by atoms with Gasteiger partial charge in [-0.05, 0) is 43.7 Å². The number of hydrogen-bond acceptors (Lipinski definition) is 2. The third-order valence-corrected chi connectivity index (χ3v) is 3.93. The van der Waals surface area contributed by atoms with E-state index in [2.05, 4.69) is 24.1 Å². The van der Waals surface area contributed by atoms with Crippen LogP contribution in [-0.2, 0) is 0 Å². The minimum Gasteiger partial charge on any atom is -0.349 e. The molecule has 1 fully saturated rings. The SMILES string of the molecule is CCCC[C@H](CC)NC(=O)c1ccc(C2CC2)[nH]c1=O. The van der Waals surface area contributed by atoms with Crippen molar-refractivity contribution in [2.75, 3.05) is 0 Å². The molecule has 0 spiro atoms. The van der Waals surface area contributed by atoms with Crippen LogP contribution in [0.2, 0.25) is 0 Å². The maximum absolute atomic E-state index is 12.2. The van der Waals surface area contributed by atoms with E-state index in [1.807, 2.05) is 6.07 Å². The number of unbranched alkanes of at least 4 members (excludes halogenated alkanes) is 1. The lowest BCUT2D eigenvalue weighted by Crippen LogP contribution is -2.37. The highest BCUT2D eigenvalue weighted by Gasteiger charge is 2.25. The van der Waals surface area contributed by atoms with Gasteiger partial charge in [0.1, 0.15) is 5.56 Å². The monoisotopic (exact) mass is 276 g/mol. The Morgan fingerprint density at radius 2 is 2.15 bits per heavy atom. The van der Waals surface area contributed by atoms with E-state index in [9.17, 15) is 9.59 Å². The molecule has 1 atom stereocenters. The first-order valence-corrected chi connectivity index (χ1v) is 7.69. The summed E-state index contributed by atoms with van der Waals surface area (Å²) in [4.78, 5) is 27.0. The normalized spacial score (nSPS) is 15.9. The topological polar surface area (TPSA) is 62.0 Å². The molecule has 2 rings (SSSR count). The molecule has 4 nitrogen and oxygen atoms in total. The third-order valence-electron chi connectivity index (χ3n) is 3.93. The zero-order valence-electron chi connectivity index (χ0n) is 12.4. The molecule has 1 saturated carbocycles. The molecule has 1 aromatic heterocycles. The molecule has 0 aliphatic heterocycles. The molecule has 0 unspecified atom stereocenters. The second-order valence-corrected chi connectivity index (χ2v) is 5.65. The lowest BCUT2D eigenvalue weighted by molar-refractivity contribution is 0.0931. The molecular formula is C16H24N2O2. The number of carbonyl (C=O) groups excluding carboxylic acids is 1. The Morgan fingerprint density at radius 1 is 1.40 bits per heavy atom. The summed E-state index contributed by atoms with van der Waals surface area (Å²) in [5.74, 6) is 0.240. The maximum Gasteiger partial charge on any atom is 0.261 e. The van der Waals surface area contributed by atoms with Crippen LogP contribution in [0.25, 0.3) is 0 Å². The second-order valence-electron chi connectivity index (χ2n) is 5.65. The maximum atomic E-state index is 12.2. The van der Waals surface area contributed by atoms with Crippen molar-refractivity contribution >= 4 is 5.91 Å². The lowest BCUT2D eigenvalue weighted by Gasteiger charge is -2.16. The Balaban J connectivity index is 2.02. The standard InChI is InChI=1S/C16H24N2O2/c1-3-5-6-12(4-2)17-15(19)13-9-10-14(11-7-8-11)18-16(13)20/h9-12H,3-8H2,1-2H3,(H,17,19)(H,18,20)/t12-/m0/s1. The summed E-state index contributed by atoms with van der Waals surface area (Å²) < 4.78 is 0. The van der Waals surface area contributed by atoms with Crippen LogP contribution in [0.4, 0.5) is 0 Å². The van der Waals surface area contributed by atoms with Crippen LogP contribution in [0.3, 0.4) is 0 Å². The highest BCUT2D eigenvalue weighted by atomic mass is 16.2. The number of rotatable bonds is 7. The Labute approximate surface area is 120 Å². The predicted molar refractivity (Wildman–Crippen MR) is 80.1 cm³/mol. The van der Waals surface area contributed by atoms with Crippen LogP contribution >= 0.6 is 0 Å². The Hall–Kier alpha value is -1.58. The van der Waals surface area contributed by atoms with Crippen molar-refractivity contribution in [2.45, 2.75) is 64.3 Å². The van der Waals surface area contributed by atoms with E-state index in [0.29, 0.717) is 5.92 Å². The van der Waals surface area contributed by atoms with Gasteiger partial charge in [0.25, 0.3) is 11.5 Å². The van der Waals surface area contributed by atoms with Gasteiger partial charge in [-0.3, -0.25) is 9.59 Å². The van der Waals surface area contributed by atoms with Gasteiger partial charge in [0.05, 0.1) is 0 Å². The average Bonchev–Trinajstić information content (AvgIpc) is 3.27. The summed E-state index contributed by atoms with van der Waals surface area (Å²) in [6, 6.07) is 3.69. The van der Waals surface area contributed by atoms with E-state index in [-0.39, 0.29) is 23.1 Å². The summed E-state index contributed by atoms with van der Waals surface area (Å²) in [5.41, 5.74) is 0.922. The fourth-order valence-electron chi connectivity index (χ4n) is 2.39. The summed E-state index contributed by atoms with van der Waals surface area (Å²) in [6.45, 7) is 4.19. The van der Waals surface area contributed by atoms with Crippen LogP contribution in [0.1, 0.15) is 74.3 Å². The first kappa shape index (κ1) is 14.8. The quantitative estimate of drug-likeness (QED) is 0.804. The third kappa shape index (κ3) is 3.71. The number of H-pyrrole nitrogens is 1. The van der Waals surface area contributed by atoms with Crippen molar-refractivity contribution in [3.8, 4) is 0 Å². The first-order valence-electron chi connectivity index (χ1n) is 7.69. The van der Waals surface area contributed by atoms with Crippen molar-refractivity contribution in [3.05, 3.63) is 33.7 Å². The number of hydrogen-bond donors (Lipinski definition) is 2. The predicted octanol–water partition coefficient (Wildman–Crippen LogP) is 2.95. The molecule has 1 aliphatic rings. The Bertz CT molecular complexity index is 517. The highest BCUT2D eigenvalue weighted by molar-refractivity contribution is 5.94. The molecule has 0 bridgehead atoms. The highest BCUT2D eigenvalue weighted by Crippen LogP contribution is 2.38. The molecule has 1 amide bonds. The first-order chi connectivity index (χ1) is 9.65. The molecule has 2 N–H and O–H groups in total. The van der Waals surface area contributed by atoms with Gasteiger partial charge in [0, 0.05) is 11.7 Å². The largest absolute Gasteiger partial charge is 0.349 e. The number of nitrogens with one attached hydrogen (secondary N) is 2. The second kappa shape index (κ2) is 6.73. The number of carbonyl (C=O) groups is 1. The van der Waals surface area contributed by atoms with Crippen LogP contribution in [0.15, 0.2) is 16.9 Å². The molecule has 1 aliphatic carbocycles. The van der Waals surface area contributed by atoms with Crippen molar-refractivity contribution in [1.82, 2.24) is 10.3 Å². The number of amides is 1. The van der Waals surface area contributed by atoms with Gasteiger partial charge >= 0.3 is 0 Å². The summed E-state index contributed by atoms with van der Waals surface area (Å²) in [5, 5.41) is 2.96. The van der Waals surface area contributed by atoms with Gasteiger partial charge in [-0.2, -0.15) is 0 Å². The fraction of sp³-hybridized carbons (Fsp3) is 0.625. The van der Waals surface area contributed by atoms with E-state index >= 15 is 0 Å². The van der Waals surface area contributed by atoms with E-state index in [4.69, 9.17) is 0 Å². The van der Waals surface area contributed by atoms with Crippen LogP contribution in [-0.4, -0.2) is 16.9 Å². The van der Waals surface area contributed by atoms with E-state index in [1.165, 1.54) is 0 Å². The van der Waals surface area contributed by atoms with E-state index in [0.717, 1.165) is 44.2 Å². The van der Waals surface area contributed by atoms with E-state index < -0.39 is 0 Å². The Kier molecular flexibility index (Phi) is 4.99. The minimum atomic E-state index is -0.266. The summed E-state index contributed by atoms with van der Waals surface area (Å²) >= 11 is 0.